The van der Waals surface area contributed by atoms with Gasteiger partial charge in [0, 0.05) is 29.7 Å². The van der Waals surface area contributed by atoms with E-state index in [4.69, 9.17) is 11.6 Å². The second-order valence-electron chi connectivity index (χ2n) is 8.41. The van der Waals surface area contributed by atoms with E-state index in [1.54, 1.807) is 29.2 Å². The zero-order chi connectivity index (χ0) is 23.9. The summed E-state index contributed by atoms with van der Waals surface area (Å²) < 4.78 is 1.59. The number of carbonyl (C=O) groups is 2. The number of nitrogens with one attached hydrogen (secondary N) is 1. The van der Waals surface area contributed by atoms with E-state index in [9.17, 15) is 9.59 Å². The molecule has 1 fully saturated rings. The molecule has 2 aromatic carbocycles. The van der Waals surface area contributed by atoms with Gasteiger partial charge in [-0.1, -0.05) is 36.7 Å². The lowest BCUT2D eigenvalue weighted by Crippen LogP contribution is -2.49. The Morgan fingerprint density at radius 3 is 2.59 bits per heavy atom. The van der Waals surface area contributed by atoms with Gasteiger partial charge in [-0.05, 0) is 56.1 Å². The van der Waals surface area contributed by atoms with Crippen LogP contribution >= 0.6 is 11.6 Å². The van der Waals surface area contributed by atoms with Gasteiger partial charge in [-0.15, -0.1) is 0 Å². The molecule has 1 saturated heterocycles. The van der Waals surface area contributed by atoms with Gasteiger partial charge in [0.25, 0.3) is 5.91 Å². The fourth-order valence-corrected chi connectivity index (χ4v) is 4.56. The van der Waals surface area contributed by atoms with Gasteiger partial charge in [-0.2, -0.15) is 5.10 Å². The van der Waals surface area contributed by atoms with Crippen molar-refractivity contribution < 1.29 is 9.59 Å². The van der Waals surface area contributed by atoms with Crippen LogP contribution in [0.25, 0.3) is 5.69 Å². The minimum Gasteiger partial charge on any atom is -0.339 e. The molecule has 1 aliphatic rings. The number of anilines is 1. The molecule has 1 aliphatic heterocycles. The molecule has 2 amide bonds. The topological polar surface area (TPSA) is 83.4 Å². The quantitative estimate of drug-likeness (QED) is 0.529. The average molecular weight is 481 g/mol. The van der Waals surface area contributed by atoms with Gasteiger partial charge < -0.3 is 10.2 Å². The molecular formula is C25H29ClN6O2. The molecule has 2 heterocycles. The summed E-state index contributed by atoms with van der Waals surface area (Å²) >= 11 is 6.18. The highest BCUT2D eigenvalue weighted by atomic mass is 35.5. The Balaban J connectivity index is 1.38. The van der Waals surface area contributed by atoms with E-state index < -0.39 is 0 Å². The second kappa shape index (κ2) is 11.3. The highest BCUT2D eigenvalue weighted by Gasteiger charge is 2.28. The molecule has 0 bridgehead atoms. The molecule has 4 rings (SSSR count). The van der Waals surface area contributed by atoms with Crippen LogP contribution in [0.5, 0.6) is 0 Å². The number of piperidine rings is 1. The van der Waals surface area contributed by atoms with Crippen LogP contribution in [0.1, 0.15) is 36.5 Å². The van der Waals surface area contributed by atoms with E-state index >= 15 is 0 Å². The van der Waals surface area contributed by atoms with Crippen molar-refractivity contribution in [2.45, 2.75) is 32.2 Å². The SMILES string of the molecule is CCCN(CC(=O)Nc1cc(Cl)ccc1-n1cncn1)C1CCN(C(=O)c2ccccc2)CC1. The van der Waals surface area contributed by atoms with Crippen LogP contribution in [0, 0.1) is 0 Å². The lowest BCUT2D eigenvalue weighted by molar-refractivity contribution is -0.118. The number of nitrogens with zero attached hydrogens (tertiary/aromatic N) is 5. The standard InChI is InChI=1S/C25H29ClN6O2/c1-2-12-31(21-10-13-30(14-11-21)25(34)19-6-4-3-5-7-19)16-24(33)29-22-15-20(26)8-9-23(22)32-18-27-17-28-32/h3-9,15,17-18,21H,2,10-14,16H2,1H3,(H,29,33). The minimum atomic E-state index is -0.111. The molecule has 8 nitrogen and oxygen atoms in total. The first kappa shape index (κ1) is 23.9. The fourth-order valence-electron chi connectivity index (χ4n) is 4.39. The highest BCUT2D eigenvalue weighted by molar-refractivity contribution is 6.31. The lowest BCUT2D eigenvalue weighted by atomic mass is 10.0. The summed E-state index contributed by atoms with van der Waals surface area (Å²) in [7, 11) is 0. The van der Waals surface area contributed by atoms with E-state index in [0.717, 1.165) is 31.4 Å². The third-order valence-corrected chi connectivity index (χ3v) is 6.28. The predicted molar refractivity (Wildman–Crippen MR) is 132 cm³/mol. The maximum absolute atomic E-state index is 13.0. The number of amides is 2. The molecule has 0 saturated carbocycles. The van der Waals surface area contributed by atoms with Crippen LogP contribution in [0.15, 0.2) is 61.2 Å². The Morgan fingerprint density at radius 2 is 1.91 bits per heavy atom. The summed E-state index contributed by atoms with van der Waals surface area (Å²) in [6.07, 6.45) is 5.64. The van der Waals surface area contributed by atoms with E-state index in [-0.39, 0.29) is 24.4 Å². The van der Waals surface area contributed by atoms with Crippen molar-refractivity contribution in [3.8, 4) is 5.69 Å². The summed E-state index contributed by atoms with van der Waals surface area (Å²) in [6.45, 7) is 4.57. The zero-order valence-electron chi connectivity index (χ0n) is 19.2. The summed E-state index contributed by atoms with van der Waals surface area (Å²) in [5, 5.41) is 7.69. The summed E-state index contributed by atoms with van der Waals surface area (Å²) in [5.74, 6) is -0.0414. The first-order valence-electron chi connectivity index (χ1n) is 11.6. The van der Waals surface area contributed by atoms with Crippen molar-refractivity contribution >= 4 is 29.1 Å². The Labute approximate surface area is 204 Å². The maximum Gasteiger partial charge on any atom is 0.253 e. The fraction of sp³-hybridized carbons (Fsp3) is 0.360. The largest absolute Gasteiger partial charge is 0.339 e. The van der Waals surface area contributed by atoms with E-state index in [0.29, 0.717) is 29.5 Å². The van der Waals surface area contributed by atoms with Crippen molar-refractivity contribution in [3.63, 3.8) is 0 Å². The molecule has 3 aromatic rings. The van der Waals surface area contributed by atoms with Crippen LogP contribution < -0.4 is 5.32 Å². The van der Waals surface area contributed by atoms with E-state index in [2.05, 4.69) is 27.2 Å². The van der Waals surface area contributed by atoms with Crippen LogP contribution in [-0.2, 0) is 4.79 Å². The normalized spacial score (nSPS) is 14.4. The Hall–Kier alpha value is -3.23. The number of carbonyl (C=O) groups excluding carboxylic acids is 2. The predicted octanol–water partition coefficient (Wildman–Crippen LogP) is 3.88. The van der Waals surface area contributed by atoms with Crippen LogP contribution in [0.3, 0.4) is 0 Å². The number of hydrogen-bond donors (Lipinski definition) is 1. The number of aromatic nitrogens is 3. The van der Waals surface area contributed by atoms with Gasteiger partial charge in [0.15, 0.2) is 0 Å². The van der Waals surface area contributed by atoms with Crippen LogP contribution in [0.4, 0.5) is 5.69 Å². The third kappa shape index (κ3) is 5.81. The maximum atomic E-state index is 13.0. The van der Waals surface area contributed by atoms with Gasteiger partial charge in [-0.3, -0.25) is 14.5 Å². The third-order valence-electron chi connectivity index (χ3n) is 6.04. The lowest BCUT2D eigenvalue weighted by Gasteiger charge is -2.38. The smallest absolute Gasteiger partial charge is 0.253 e. The van der Waals surface area contributed by atoms with Crippen molar-refractivity contribution in [3.05, 3.63) is 71.8 Å². The first-order chi connectivity index (χ1) is 16.5. The second-order valence-corrected chi connectivity index (χ2v) is 8.85. The summed E-state index contributed by atoms with van der Waals surface area (Å²) in [6, 6.07) is 14.9. The number of hydrogen-bond acceptors (Lipinski definition) is 5. The Bertz CT molecular complexity index is 1100. The Kier molecular flexibility index (Phi) is 7.92. The van der Waals surface area contributed by atoms with Crippen LogP contribution in [0.2, 0.25) is 5.02 Å². The number of likely N-dealkylation sites (tertiary alicyclic amines) is 1. The molecule has 34 heavy (non-hydrogen) atoms. The van der Waals surface area contributed by atoms with Gasteiger partial charge >= 0.3 is 0 Å². The zero-order valence-corrected chi connectivity index (χ0v) is 20.0. The highest BCUT2D eigenvalue weighted by Crippen LogP contribution is 2.24. The van der Waals surface area contributed by atoms with Crippen molar-refractivity contribution in [2.24, 2.45) is 0 Å². The molecule has 178 valence electrons. The Morgan fingerprint density at radius 1 is 1.15 bits per heavy atom. The van der Waals surface area contributed by atoms with Gasteiger partial charge in [0.2, 0.25) is 5.91 Å². The summed E-state index contributed by atoms with van der Waals surface area (Å²) in [4.78, 5) is 33.9. The average Bonchev–Trinajstić information content (AvgIpc) is 3.39. The molecule has 1 N–H and O–H groups in total. The summed E-state index contributed by atoms with van der Waals surface area (Å²) in [5.41, 5.74) is 2.00. The number of benzene rings is 2. The molecule has 0 unspecified atom stereocenters. The van der Waals surface area contributed by atoms with Crippen molar-refractivity contribution in [2.75, 3.05) is 31.5 Å². The molecule has 0 spiro atoms. The van der Waals surface area contributed by atoms with Gasteiger partial charge in [0.1, 0.15) is 12.7 Å². The van der Waals surface area contributed by atoms with Crippen molar-refractivity contribution in [1.29, 1.82) is 0 Å². The number of rotatable bonds is 8. The number of halogens is 1. The van der Waals surface area contributed by atoms with Gasteiger partial charge in [0.05, 0.1) is 17.9 Å². The van der Waals surface area contributed by atoms with Gasteiger partial charge in [-0.25, -0.2) is 9.67 Å². The first-order valence-corrected chi connectivity index (χ1v) is 12.0. The van der Waals surface area contributed by atoms with E-state index in [1.807, 2.05) is 35.2 Å². The minimum absolute atomic E-state index is 0.0698. The molecule has 9 heteroatoms. The molecule has 0 atom stereocenters. The van der Waals surface area contributed by atoms with Crippen LogP contribution in [-0.4, -0.2) is 68.6 Å². The van der Waals surface area contributed by atoms with Crippen molar-refractivity contribution in [1.82, 2.24) is 24.6 Å². The molecule has 0 radical (unpaired) electrons. The molecule has 0 aliphatic carbocycles. The molecular weight excluding hydrogens is 452 g/mol. The monoisotopic (exact) mass is 480 g/mol. The van der Waals surface area contributed by atoms with E-state index in [1.165, 1.54) is 6.33 Å². The molecule has 1 aromatic heterocycles.